The quantitative estimate of drug-likeness (QED) is 0.704. The second kappa shape index (κ2) is 6.67. The molecule has 1 aliphatic rings. The van der Waals surface area contributed by atoms with E-state index in [2.05, 4.69) is 10.6 Å². The number of carbonyl (C=O) groups excluding carboxylic acids is 1. The maximum atomic E-state index is 11.3. The lowest BCUT2D eigenvalue weighted by Gasteiger charge is -2.21. The van der Waals surface area contributed by atoms with E-state index in [1.54, 1.807) is 0 Å². The zero-order chi connectivity index (χ0) is 11.9. The van der Waals surface area contributed by atoms with E-state index in [9.17, 15) is 4.79 Å². The van der Waals surface area contributed by atoms with E-state index in [0.29, 0.717) is 0 Å². The molecule has 0 aromatic heterocycles. The van der Waals surface area contributed by atoms with E-state index in [0.717, 1.165) is 19.5 Å². The van der Waals surface area contributed by atoms with Crippen molar-refractivity contribution in [1.29, 1.82) is 0 Å². The molecule has 1 amide bonds. The second-order valence-electron chi connectivity index (χ2n) is 4.34. The number of hydrogen-bond donors (Lipinski definition) is 2. The zero-order valence-electron chi connectivity index (χ0n) is 10.5. The van der Waals surface area contributed by atoms with Gasteiger partial charge in [-0.3, -0.25) is 0 Å². The van der Waals surface area contributed by atoms with Crippen LogP contribution in [0.25, 0.3) is 0 Å². The minimum Gasteiger partial charge on any atom is -0.444 e. The molecule has 4 nitrogen and oxygen atoms in total. The Bertz CT molecular complexity index is 182. The van der Waals surface area contributed by atoms with Gasteiger partial charge in [0.1, 0.15) is 5.60 Å². The van der Waals surface area contributed by atoms with Gasteiger partial charge in [-0.1, -0.05) is 13.8 Å². The van der Waals surface area contributed by atoms with Crippen LogP contribution < -0.4 is 10.6 Å². The minimum atomic E-state index is -0.407. The van der Waals surface area contributed by atoms with Crippen molar-refractivity contribution < 1.29 is 9.53 Å². The molecular formula is C11H24N2O2. The van der Waals surface area contributed by atoms with Crippen molar-refractivity contribution in [3.63, 3.8) is 0 Å². The number of hydrogen-bond acceptors (Lipinski definition) is 3. The topological polar surface area (TPSA) is 50.4 Å². The molecule has 1 rings (SSSR count). The molecule has 2 N–H and O–H groups in total. The van der Waals surface area contributed by atoms with Gasteiger partial charge in [0, 0.05) is 12.6 Å². The lowest BCUT2D eigenvalue weighted by Crippen LogP contribution is -2.40. The number of rotatable bonds is 1. The van der Waals surface area contributed by atoms with Gasteiger partial charge in [-0.05, 0) is 33.7 Å². The molecule has 0 spiro atoms. The largest absolute Gasteiger partial charge is 0.444 e. The van der Waals surface area contributed by atoms with Crippen LogP contribution >= 0.6 is 0 Å². The Hall–Kier alpha value is -0.770. The van der Waals surface area contributed by atoms with E-state index in [-0.39, 0.29) is 12.1 Å². The normalized spacial score (nSPS) is 20.2. The highest BCUT2D eigenvalue weighted by molar-refractivity contribution is 5.68. The van der Waals surface area contributed by atoms with Gasteiger partial charge in [0.25, 0.3) is 0 Å². The van der Waals surface area contributed by atoms with E-state index < -0.39 is 5.60 Å². The molecule has 4 heteroatoms. The van der Waals surface area contributed by atoms with Gasteiger partial charge in [-0.15, -0.1) is 0 Å². The van der Waals surface area contributed by atoms with E-state index in [1.165, 1.54) is 0 Å². The number of ether oxygens (including phenoxy) is 1. The Morgan fingerprint density at radius 1 is 1.40 bits per heavy atom. The van der Waals surface area contributed by atoms with Crippen molar-refractivity contribution in [3.8, 4) is 0 Å². The maximum Gasteiger partial charge on any atom is 0.407 e. The summed E-state index contributed by atoms with van der Waals surface area (Å²) in [4.78, 5) is 11.3. The summed E-state index contributed by atoms with van der Waals surface area (Å²) in [5.74, 6) is 0. The maximum absolute atomic E-state index is 11.3. The predicted molar refractivity (Wildman–Crippen MR) is 62.0 cm³/mol. The smallest absolute Gasteiger partial charge is 0.407 e. The molecule has 0 saturated carbocycles. The second-order valence-corrected chi connectivity index (χ2v) is 4.34. The van der Waals surface area contributed by atoms with Crippen LogP contribution in [0.3, 0.4) is 0 Å². The summed E-state index contributed by atoms with van der Waals surface area (Å²) in [5.41, 5.74) is -0.407. The molecule has 0 bridgehead atoms. The van der Waals surface area contributed by atoms with Crippen molar-refractivity contribution in [3.05, 3.63) is 0 Å². The zero-order valence-corrected chi connectivity index (χ0v) is 10.5. The monoisotopic (exact) mass is 216 g/mol. The highest BCUT2D eigenvalue weighted by atomic mass is 16.6. The van der Waals surface area contributed by atoms with Crippen molar-refractivity contribution >= 4 is 6.09 Å². The molecule has 0 radical (unpaired) electrons. The highest BCUT2D eigenvalue weighted by Gasteiger charge is 2.21. The summed E-state index contributed by atoms with van der Waals surface area (Å²) in [7, 11) is 0. The SMILES string of the molecule is CC.CC(C)(C)OC(=O)NC1CCNC1. The van der Waals surface area contributed by atoms with Crippen molar-refractivity contribution in [2.75, 3.05) is 13.1 Å². The van der Waals surface area contributed by atoms with Gasteiger partial charge in [0.2, 0.25) is 0 Å². The average Bonchev–Trinajstić information content (AvgIpc) is 2.57. The van der Waals surface area contributed by atoms with Gasteiger partial charge in [-0.2, -0.15) is 0 Å². The fourth-order valence-corrected chi connectivity index (χ4v) is 1.25. The Labute approximate surface area is 92.8 Å². The van der Waals surface area contributed by atoms with Gasteiger partial charge >= 0.3 is 6.09 Å². The van der Waals surface area contributed by atoms with Crippen LogP contribution in [0.1, 0.15) is 41.0 Å². The summed E-state index contributed by atoms with van der Waals surface area (Å²) in [6.07, 6.45) is 0.667. The molecule has 1 saturated heterocycles. The fourth-order valence-electron chi connectivity index (χ4n) is 1.25. The summed E-state index contributed by atoms with van der Waals surface area (Å²) >= 11 is 0. The Morgan fingerprint density at radius 3 is 2.40 bits per heavy atom. The predicted octanol–water partition coefficient (Wildman–Crippen LogP) is 1.90. The van der Waals surface area contributed by atoms with Crippen LogP contribution in [-0.4, -0.2) is 30.8 Å². The summed E-state index contributed by atoms with van der Waals surface area (Å²) in [6, 6.07) is 0.231. The molecule has 1 aliphatic heterocycles. The first kappa shape index (κ1) is 14.2. The van der Waals surface area contributed by atoms with Crippen LogP contribution in [0.15, 0.2) is 0 Å². The molecule has 0 aromatic carbocycles. The van der Waals surface area contributed by atoms with Gasteiger partial charge in [-0.25, -0.2) is 4.79 Å². The van der Waals surface area contributed by atoms with Crippen molar-refractivity contribution in [2.45, 2.75) is 52.7 Å². The summed E-state index contributed by atoms with van der Waals surface area (Å²) < 4.78 is 5.12. The molecule has 15 heavy (non-hydrogen) atoms. The van der Waals surface area contributed by atoms with Crippen molar-refractivity contribution in [2.24, 2.45) is 0 Å². The van der Waals surface area contributed by atoms with Gasteiger partial charge < -0.3 is 15.4 Å². The third-order valence-corrected chi connectivity index (χ3v) is 1.78. The molecule has 90 valence electrons. The number of amides is 1. The third-order valence-electron chi connectivity index (χ3n) is 1.78. The molecule has 1 heterocycles. The van der Waals surface area contributed by atoms with E-state index >= 15 is 0 Å². The Morgan fingerprint density at radius 2 is 2.00 bits per heavy atom. The molecule has 0 aliphatic carbocycles. The lowest BCUT2D eigenvalue weighted by atomic mass is 10.2. The fraction of sp³-hybridized carbons (Fsp3) is 0.909. The number of carbonyl (C=O) groups is 1. The lowest BCUT2D eigenvalue weighted by molar-refractivity contribution is 0.0508. The minimum absolute atomic E-state index is 0.231. The Kier molecular flexibility index (Phi) is 6.32. The first-order chi connectivity index (χ1) is 6.97. The van der Waals surface area contributed by atoms with Crippen LogP contribution in [-0.2, 0) is 4.74 Å². The van der Waals surface area contributed by atoms with Crippen LogP contribution in [0.5, 0.6) is 0 Å². The first-order valence-electron chi connectivity index (χ1n) is 5.67. The standard InChI is InChI=1S/C9H18N2O2.C2H6/c1-9(2,3)13-8(12)11-7-4-5-10-6-7;1-2/h7,10H,4-6H2,1-3H3,(H,11,12);1-2H3. The summed E-state index contributed by atoms with van der Waals surface area (Å²) in [5, 5.41) is 5.98. The van der Waals surface area contributed by atoms with Gasteiger partial charge in [0.15, 0.2) is 0 Å². The Balaban J connectivity index is 0.000000921. The molecular weight excluding hydrogens is 192 g/mol. The van der Waals surface area contributed by atoms with Crippen molar-refractivity contribution in [1.82, 2.24) is 10.6 Å². The number of nitrogens with one attached hydrogen (secondary N) is 2. The number of alkyl carbamates (subject to hydrolysis) is 1. The molecule has 0 aromatic rings. The highest BCUT2D eigenvalue weighted by Crippen LogP contribution is 2.07. The molecule has 1 unspecified atom stereocenters. The third kappa shape index (κ3) is 7.19. The van der Waals surface area contributed by atoms with Gasteiger partial charge in [0.05, 0.1) is 0 Å². The van der Waals surface area contributed by atoms with Crippen LogP contribution in [0, 0.1) is 0 Å². The van der Waals surface area contributed by atoms with Crippen LogP contribution in [0.2, 0.25) is 0 Å². The van der Waals surface area contributed by atoms with E-state index in [4.69, 9.17) is 4.74 Å². The molecule has 1 atom stereocenters. The van der Waals surface area contributed by atoms with E-state index in [1.807, 2.05) is 34.6 Å². The average molecular weight is 216 g/mol. The van der Waals surface area contributed by atoms with Crippen LogP contribution in [0.4, 0.5) is 4.79 Å². The first-order valence-corrected chi connectivity index (χ1v) is 5.67. The molecule has 1 fully saturated rings. The summed E-state index contributed by atoms with van der Waals surface area (Å²) in [6.45, 7) is 11.4.